The van der Waals surface area contributed by atoms with Crippen LogP contribution in [0.25, 0.3) is 22.3 Å². The lowest BCUT2D eigenvalue weighted by Gasteiger charge is -2.35. The second-order valence-corrected chi connectivity index (χ2v) is 14.0. The third-order valence-corrected chi connectivity index (χ3v) is 10.6. The summed E-state index contributed by atoms with van der Waals surface area (Å²) < 4.78 is 52.6. The first kappa shape index (κ1) is 34.4. The first-order valence-corrected chi connectivity index (χ1v) is 17.9. The number of cyclic esters (lactones) is 1. The van der Waals surface area contributed by atoms with Crippen LogP contribution >= 0.6 is 0 Å². The molecule has 0 saturated heterocycles. The van der Waals surface area contributed by atoms with Gasteiger partial charge in [0, 0.05) is 22.9 Å². The van der Waals surface area contributed by atoms with Gasteiger partial charge in [0.1, 0.15) is 30.5 Å². The summed E-state index contributed by atoms with van der Waals surface area (Å²) >= 11 is 0. The Morgan fingerprint density at radius 2 is 1.67 bits per heavy atom. The molecule has 2 aliphatic heterocycles. The number of methoxy groups -OCH3 is 2. The van der Waals surface area contributed by atoms with Crippen LogP contribution in [0.1, 0.15) is 35.6 Å². The maximum absolute atomic E-state index is 13.9. The van der Waals surface area contributed by atoms with Gasteiger partial charge in [-0.1, -0.05) is 37.3 Å². The number of esters is 2. The zero-order valence-electron chi connectivity index (χ0n) is 28.5. The molecule has 1 N–H and O–H groups in total. The van der Waals surface area contributed by atoms with Crippen LogP contribution in [0.5, 0.6) is 11.5 Å². The van der Waals surface area contributed by atoms with Crippen LogP contribution in [-0.2, 0) is 54.3 Å². The van der Waals surface area contributed by atoms with Gasteiger partial charge in [-0.05, 0) is 66.6 Å². The van der Waals surface area contributed by atoms with Crippen molar-refractivity contribution >= 4 is 38.7 Å². The van der Waals surface area contributed by atoms with Gasteiger partial charge in [-0.3, -0.25) is 14.5 Å². The molecule has 14 heteroatoms. The highest BCUT2D eigenvalue weighted by Crippen LogP contribution is 2.41. The van der Waals surface area contributed by atoms with E-state index in [0.29, 0.717) is 35.0 Å². The third-order valence-electron chi connectivity index (χ3n) is 9.22. The Balaban J connectivity index is 1.21. The number of carbonyl (C=O) groups excluding carboxylic acids is 2. The minimum Gasteiger partial charge on any atom is -0.497 e. The number of pyridine rings is 2. The number of hydrogen-bond acceptors (Lipinski definition) is 11. The van der Waals surface area contributed by atoms with E-state index < -0.39 is 34.1 Å². The molecule has 3 aromatic carbocycles. The smallest absolute Gasteiger partial charge is 0.355 e. The summed E-state index contributed by atoms with van der Waals surface area (Å²) in [5.74, 6) is -0.739. The molecule has 0 bridgehead atoms. The lowest BCUT2D eigenvalue weighted by molar-refractivity contribution is -0.188. The van der Waals surface area contributed by atoms with Gasteiger partial charge in [0.15, 0.2) is 0 Å². The number of nitrogens with one attached hydrogen (secondary N) is 1. The van der Waals surface area contributed by atoms with E-state index in [4.69, 9.17) is 23.9 Å². The number of aliphatic imine (C=N–C) groups is 1. The quantitative estimate of drug-likeness (QED) is 0.123. The lowest BCUT2D eigenvalue weighted by Crippen LogP contribution is -2.48. The topological polar surface area (TPSA) is 164 Å². The Kier molecular flexibility index (Phi) is 9.01. The van der Waals surface area contributed by atoms with Crippen molar-refractivity contribution in [2.75, 3.05) is 20.8 Å². The summed E-state index contributed by atoms with van der Waals surface area (Å²) in [6.07, 6.45) is -0.0432. The van der Waals surface area contributed by atoms with Gasteiger partial charge in [0.05, 0.1) is 48.1 Å². The first-order chi connectivity index (χ1) is 25.0. The Hall–Kier alpha value is -6.02. The number of fused-ring (bicyclic) bond motifs is 5. The fourth-order valence-electron chi connectivity index (χ4n) is 6.50. The highest BCUT2D eigenvalue weighted by atomic mass is 32.2. The molecule has 1 atom stereocenters. The number of amidine groups is 1. The monoisotopic (exact) mass is 722 g/mol. The molecule has 13 nitrogen and oxygen atoms in total. The van der Waals surface area contributed by atoms with Crippen LogP contribution in [-0.4, -0.2) is 56.5 Å². The highest BCUT2D eigenvalue weighted by Gasteiger charge is 2.50. The number of para-hydroxylation sites is 1. The van der Waals surface area contributed by atoms with Crippen molar-refractivity contribution in [3.05, 3.63) is 118 Å². The molecule has 0 aliphatic carbocycles. The molecule has 0 amide bonds. The van der Waals surface area contributed by atoms with Crippen LogP contribution in [0.3, 0.4) is 0 Å². The molecule has 7 rings (SSSR count). The number of rotatable bonds is 10. The number of nitrogens with zero attached hydrogens (tertiary/aromatic N) is 3. The Morgan fingerprint density at radius 1 is 0.981 bits per heavy atom. The molecule has 5 aromatic rings. The van der Waals surface area contributed by atoms with E-state index in [-0.39, 0.29) is 46.9 Å². The maximum atomic E-state index is 13.9. The summed E-state index contributed by atoms with van der Waals surface area (Å²) in [5, 5.41) is 0.931. The standard InChI is InChI=1S/C38H34N4O9S/c1-4-38(30-19-32-35-25(18-24-7-5-6-8-31(24)40-35)21-42(32)36(44)29(30)22-50-37(38)45)51-34(43)20-39-33(17-23-9-11-26(48-2)12-10-23)41-52(46,47)28-15-13-27(49-3)14-16-28/h5-16,18-19H,4,17,20-22H2,1-3H3,(H,39,41)/t38-/m0/s1. The van der Waals surface area contributed by atoms with E-state index in [1.807, 2.05) is 30.3 Å². The molecule has 4 heterocycles. The molecular weight excluding hydrogens is 689 g/mol. The molecule has 2 aliphatic rings. The van der Waals surface area contributed by atoms with Gasteiger partial charge in [0.25, 0.3) is 15.6 Å². The highest BCUT2D eigenvalue weighted by molar-refractivity contribution is 7.90. The molecule has 0 saturated carbocycles. The average Bonchev–Trinajstić information content (AvgIpc) is 3.52. The molecule has 0 fully saturated rings. The van der Waals surface area contributed by atoms with Crippen LogP contribution in [0.2, 0.25) is 0 Å². The molecule has 52 heavy (non-hydrogen) atoms. The predicted molar refractivity (Wildman–Crippen MR) is 191 cm³/mol. The normalized spacial score (nSPS) is 16.4. The predicted octanol–water partition coefficient (Wildman–Crippen LogP) is 4.27. The van der Waals surface area contributed by atoms with Gasteiger partial charge >= 0.3 is 11.9 Å². The number of carbonyl (C=O) groups is 2. The average molecular weight is 723 g/mol. The van der Waals surface area contributed by atoms with Crippen molar-refractivity contribution in [3.63, 3.8) is 0 Å². The minimum atomic E-state index is -4.14. The fraction of sp³-hybridized carbons (Fsp3) is 0.237. The van der Waals surface area contributed by atoms with Gasteiger partial charge in [-0.25, -0.2) is 23.0 Å². The van der Waals surface area contributed by atoms with Crippen LogP contribution in [0.15, 0.2) is 99.6 Å². The maximum Gasteiger partial charge on any atom is 0.355 e. The van der Waals surface area contributed by atoms with Crippen LogP contribution < -0.4 is 19.8 Å². The van der Waals surface area contributed by atoms with Crippen molar-refractivity contribution in [2.45, 2.75) is 43.4 Å². The van der Waals surface area contributed by atoms with Crippen molar-refractivity contribution in [1.82, 2.24) is 14.3 Å². The second-order valence-electron chi connectivity index (χ2n) is 12.3. The summed E-state index contributed by atoms with van der Waals surface area (Å²) in [6, 6.07) is 24.0. The molecule has 2 aromatic heterocycles. The molecule has 0 unspecified atom stereocenters. The van der Waals surface area contributed by atoms with Crippen molar-refractivity contribution in [3.8, 4) is 22.9 Å². The number of hydrogen-bond donors (Lipinski definition) is 1. The minimum absolute atomic E-state index is 0.000444. The molecule has 0 radical (unpaired) electrons. The van der Waals surface area contributed by atoms with E-state index in [1.165, 1.54) is 38.5 Å². The summed E-state index contributed by atoms with van der Waals surface area (Å²) in [6.45, 7) is 1.01. The number of aromatic nitrogens is 2. The van der Waals surface area contributed by atoms with Gasteiger partial charge in [-0.2, -0.15) is 0 Å². The largest absolute Gasteiger partial charge is 0.497 e. The van der Waals surface area contributed by atoms with E-state index in [0.717, 1.165) is 16.5 Å². The van der Waals surface area contributed by atoms with E-state index in [9.17, 15) is 22.8 Å². The zero-order valence-corrected chi connectivity index (χ0v) is 29.4. The van der Waals surface area contributed by atoms with Gasteiger partial charge in [0.2, 0.25) is 5.60 Å². The SMILES string of the molecule is CC[C@@]1(OC(=O)CN=C(Cc2ccc(OC)cc2)NS(=O)(=O)c2ccc(OC)cc2)C(=O)OCc2c1cc1n(c2=O)Cc2cc3ccccc3nc2-1. The van der Waals surface area contributed by atoms with Gasteiger partial charge < -0.3 is 23.5 Å². The van der Waals surface area contributed by atoms with E-state index in [1.54, 1.807) is 41.8 Å². The van der Waals surface area contributed by atoms with Crippen LogP contribution in [0, 0.1) is 0 Å². The Morgan fingerprint density at radius 3 is 2.37 bits per heavy atom. The van der Waals surface area contributed by atoms with Gasteiger partial charge in [-0.15, -0.1) is 0 Å². The Bertz CT molecular complexity index is 2420. The van der Waals surface area contributed by atoms with E-state index in [2.05, 4.69) is 9.71 Å². The lowest BCUT2D eigenvalue weighted by atomic mass is 9.85. The summed E-state index contributed by atoms with van der Waals surface area (Å²) in [7, 11) is -1.14. The van der Waals surface area contributed by atoms with Crippen molar-refractivity contribution in [1.29, 1.82) is 0 Å². The third kappa shape index (κ3) is 6.25. The Labute approximate surface area is 298 Å². The molecule has 0 spiro atoms. The summed E-state index contributed by atoms with van der Waals surface area (Å²) in [4.78, 5) is 50.1. The first-order valence-electron chi connectivity index (χ1n) is 16.4. The van der Waals surface area contributed by atoms with Crippen LogP contribution in [0.4, 0.5) is 0 Å². The summed E-state index contributed by atoms with van der Waals surface area (Å²) in [5.41, 5.74) is 1.48. The van der Waals surface area contributed by atoms with Crippen molar-refractivity contribution in [2.24, 2.45) is 4.99 Å². The fourth-order valence-corrected chi connectivity index (χ4v) is 7.56. The number of benzene rings is 3. The van der Waals surface area contributed by atoms with Crippen molar-refractivity contribution < 1.29 is 37.0 Å². The number of ether oxygens (including phenoxy) is 4. The molecular formula is C38H34N4O9S. The molecule has 266 valence electrons. The number of sulfonamides is 1. The second kappa shape index (κ2) is 13.6. The van der Waals surface area contributed by atoms with E-state index >= 15 is 0 Å². The zero-order chi connectivity index (χ0) is 36.6.